The van der Waals surface area contributed by atoms with E-state index < -0.39 is 22.0 Å². The summed E-state index contributed by atoms with van der Waals surface area (Å²) in [5.41, 5.74) is 1.47. The third-order valence-corrected chi connectivity index (χ3v) is 5.19. The molecule has 0 bridgehead atoms. The van der Waals surface area contributed by atoms with Crippen molar-refractivity contribution >= 4 is 28.0 Å². The number of rotatable bonds is 3. The molecule has 1 fully saturated rings. The number of nitrogens with one attached hydrogen (secondary N) is 1. The zero-order valence-corrected chi connectivity index (χ0v) is 13.6. The molecule has 1 N–H and O–H groups in total. The summed E-state index contributed by atoms with van der Waals surface area (Å²) >= 11 is 0. The van der Waals surface area contributed by atoms with Crippen LogP contribution in [0.25, 0.3) is 6.08 Å². The third kappa shape index (κ3) is 2.81. The molecule has 3 amide bonds. The number of imide groups is 1. The Hall–Kier alpha value is -2.93. The summed E-state index contributed by atoms with van der Waals surface area (Å²) in [5, 5.41) is 2.31. The number of nitrogens with zero attached hydrogens (tertiary/aromatic N) is 1. The van der Waals surface area contributed by atoms with Gasteiger partial charge in [-0.3, -0.25) is 4.79 Å². The van der Waals surface area contributed by atoms with Crippen LogP contribution in [-0.2, 0) is 14.8 Å². The molecule has 1 aliphatic heterocycles. The molecule has 1 heterocycles. The summed E-state index contributed by atoms with van der Waals surface area (Å²) in [5.74, 6) is -0.899. The number of urea groups is 1. The molecule has 0 unspecified atom stereocenters. The van der Waals surface area contributed by atoms with Crippen LogP contribution in [0.5, 0.6) is 0 Å². The van der Waals surface area contributed by atoms with E-state index in [1.807, 2.05) is 13.0 Å². The first-order chi connectivity index (χ1) is 11.4. The van der Waals surface area contributed by atoms with Gasteiger partial charge in [-0.25, -0.2) is 13.2 Å². The second kappa shape index (κ2) is 5.93. The number of benzene rings is 2. The molecule has 24 heavy (non-hydrogen) atoms. The Morgan fingerprint density at radius 1 is 0.958 bits per heavy atom. The highest BCUT2D eigenvalue weighted by molar-refractivity contribution is 7.90. The van der Waals surface area contributed by atoms with E-state index in [1.165, 1.54) is 18.2 Å². The number of carbonyl (C=O) groups is 2. The third-order valence-electron chi connectivity index (χ3n) is 3.51. The maximum atomic E-state index is 12.6. The van der Waals surface area contributed by atoms with Gasteiger partial charge in [-0.1, -0.05) is 48.0 Å². The Morgan fingerprint density at radius 2 is 1.58 bits per heavy atom. The average Bonchev–Trinajstić information content (AvgIpc) is 2.83. The van der Waals surface area contributed by atoms with Gasteiger partial charge < -0.3 is 5.32 Å². The van der Waals surface area contributed by atoms with Gasteiger partial charge in [0.05, 0.1) is 4.90 Å². The van der Waals surface area contributed by atoms with Crippen LogP contribution in [0.15, 0.2) is 65.2 Å². The molecular weight excluding hydrogens is 328 g/mol. The molecule has 0 atom stereocenters. The van der Waals surface area contributed by atoms with E-state index in [9.17, 15) is 18.0 Å². The standard InChI is InChI=1S/C17H14N2O4S/c1-12-7-9-14(10-8-12)24(22,23)19-16(20)15(18-17(19)21)11-13-5-3-2-4-6-13/h2-11H,1H3,(H,18,21)/b15-11-. The zero-order chi connectivity index (χ0) is 17.3. The quantitative estimate of drug-likeness (QED) is 0.685. The van der Waals surface area contributed by atoms with E-state index in [0.717, 1.165) is 5.56 Å². The van der Waals surface area contributed by atoms with Crippen molar-refractivity contribution in [1.82, 2.24) is 9.62 Å². The van der Waals surface area contributed by atoms with Crippen molar-refractivity contribution in [2.24, 2.45) is 0 Å². The molecule has 6 nitrogen and oxygen atoms in total. The van der Waals surface area contributed by atoms with Crippen molar-refractivity contribution in [3.05, 3.63) is 71.4 Å². The predicted octanol–water partition coefficient (Wildman–Crippen LogP) is 2.28. The molecule has 122 valence electrons. The van der Waals surface area contributed by atoms with Crippen LogP contribution in [0.4, 0.5) is 4.79 Å². The van der Waals surface area contributed by atoms with Gasteiger partial charge in [-0.2, -0.15) is 0 Å². The first kappa shape index (κ1) is 15.9. The summed E-state index contributed by atoms with van der Waals surface area (Å²) in [6.45, 7) is 1.81. The van der Waals surface area contributed by atoms with Gasteiger partial charge in [0, 0.05) is 0 Å². The molecule has 0 spiro atoms. The molecule has 7 heteroatoms. The molecule has 0 aromatic heterocycles. The molecule has 1 aliphatic rings. The van der Waals surface area contributed by atoms with Gasteiger partial charge in [0.2, 0.25) is 0 Å². The minimum atomic E-state index is -4.25. The minimum Gasteiger partial charge on any atom is -0.302 e. The molecule has 0 saturated carbocycles. The van der Waals surface area contributed by atoms with Gasteiger partial charge >= 0.3 is 6.03 Å². The Balaban J connectivity index is 1.97. The van der Waals surface area contributed by atoms with E-state index in [2.05, 4.69) is 5.32 Å². The highest BCUT2D eigenvalue weighted by Crippen LogP contribution is 2.23. The van der Waals surface area contributed by atoms with Crippen LogP contribution in [0.1, 0.15) is 11.1 Å². The summed E-state index contributed by atoms with van der Waals surface area (Å²) in [6, 6.07) is 13.8. The van der Waals surface area contributed by atoms with Crippen LogP contribution >= 0.6 is 0 Å². The van der Waals surface area contributed by atoms with Gasteiger partial charge in [0.1, 0.15) is 5.70 Å². The second-order valence-corrected chi connectivity index (χ2v) is 7.07. The number of amides is 3. The topological polar surface area (TPSA) is 83.6 Å². The Labute approximate surface area is 139 Å². The maximum Gasteiger partial charge on any atom is 0.343 e. The smallest absolute Gasteiger partial charge is 0.302 e. The second-order valence-electron chi connectivity index (χ2n) is 5.29. The van der Waals surface area contributed by atoms with Crippen LogP contribution in [0.2, 0.25) is 0 Å². The highest BCUT2D eigenvalue weighted by Gasteiger charge is 2.43. The first-order valence-corrected chi connectivity index (χ1v) is 8.57. The fourth-order valence-corrected chi connectivity index (χ4v) is 3.54. The molecule has 2 aromatic rings. The van der Waals surface area contributed by atoms with E-state index in [4.69, 9.17) is 0 Å². The largest absolute Gasteiger partial charge is 0.343 e. The SMILES string of the molecule is Cc1ccc(S(=O)(=O)N2C(=O)N/C(=C\c3ccccc3)C2=O)cc1. The number of hydrogen-bond donors (Lipinski definition) is 1. The molecule has 0 aliphatic carbocycles. The number of aryl methyl sites for hydroxylation is 1. The lowest BCUT2D eigenvalue weighted by Gasteiger charge is -2.12. The fourth-order valence-electron chi connectivity index (χ4n) is 2.27. The average molecular weight is 342 g/mol. The van der Waals surface area contributed by atoms with Crippen molar-refractivity contribution in [2.75, 3.05) is 0 Å². The maximum absolute atomic E-state index is 12.6. The van der Waals surface area contributed by atoms with E-state index in [0.29, 0.717) is 5.56 Å². The summed E-state index contributed by atoms with van der Waals surface area (Å²) in [6.07, 6.45) is 1.44. The van der Waals surface area contributed by atoms with Gasteiger partial charge in [0.15, 0.2) is 0 Å². The van der Waals surface area contributed by atoms with Crippen LogP contribution in [0, 0.1) is 6.92 Å². The fraction of sp³-hybridized carbons (Fsp3) is 0.0588. The number of hydrogen-bond acceptors (Lipinski definition) is 4. The monoisotopic (exact) mass is 342 g/mol. The van der Waals surface area contributed by atoms with Gasteiger partial charge in [0.25, 0.3) is 15.9 Å². The van der Waals surface area contributed by atoms with Crippen LogP contribution in [-0.4, -0.2) is 24.7 Å². The Bertz CT molecular complexity index is 932. The van der Waals surface area contributed by atoms with E-state index in [-0.39, 0.29) is 14.9 Å². The highest BCUT2D eigenvalue weighted by atomic mass is 32.2. The van der Waals surface area contributed by atoms with Crippen LogP contribution in [0.3, 0.4) is 0 Å². The van der Waals surface area contributed by atoms with Crippen molar-refractivity contribution in [1.29, 1.82) is 0 Å². The Kier molecular flexibility index (Phi) is 3.94. The Morgan fingerprint density at radius 3 is 2.21 bits per heavy atom. The molecular formula is C17H14N2O4S. The van der Waals surface area contributed by atoms with E-state index in [1.54, 1.807) is 36.4 Å². The van der Waals surface area contributed by atoms with Gasteiger partial charge in [-0.05, 0) is 30.7 Å². The summed E-state index contributed by atoms with van der Waals surface area (Å²) < 4.78 is 25.4. The molecule has 1 saturated heterocycles. The predicted molar refractivity (Wildman–Crippen MR) is 88.2 cm³/mol. The van der Waals surface area contributed by atoms with Crippen LogP contribution < -0.4 is 5.32 Å². The van der Waals surface area contributed by atoms with Crippen molar-refractivity contribution in [3.8, 4) is 0 Å². The van der Waals surface area contributed by atoms with Gasteiger partial charge in [-0.15, -0.1) is 4.31 Å². The lowest BCUT2D eigenvalue weighted by Crippen LogP contribution is -2.36. The first-order valence-electron chi connectivity index (χ1n) is 7.13. The summed E-state index contributed by atoms with van der Waals surface area (Å²) in [4.78, 5) is 24.3. The minimum absolute atomic E-state index is 0.0816. The molecule has 2 aromatic carbocycles. The molecule has 3 rings (SSSR count). The normalized spacial score (nSPS) is 16.5. The number of carbonyl (C=O) groups excluding carboxylic acids is 2. The van der Waals surface area contributed by atoms with Crippen molar-refractivity contribution in [2.45, 2.75) is 11.8 Å². The lowest BCUT2D eigenvalue weighted by atomic mass is 10.2. The number of sulfonamides is 1. The van der Waals surface area contributed by atoms with E-state index >= 15 is 0 Å². The molecule has 0 radical (unpaired) electrons. The zero-order valence-electron chi connectivity index (χ0n) is 12.8. The van der Waals surface area contributed by atoms with Crippen molar-refractivity contribution < 1.29 is 18.0 Å². The summed E-state index contributed by atoms with van der Waals surface area (Å²) in [7, 11) is -4.25. The lowest BCUT2D eigenvalue weighted by molar-refractivity contribution is -0.119. The van der Waals surface area contributed by atoms with Crippen molar-refractivity contribution in [3.63, 3.8) is 0 Å².